The molecule has 1 aliphatic rings. The molecule has 0 spiro atoms. The molecule has 0 atom stereocenters. The lowest BCUT2D eigenvalue weighted by molar-refractivity contribution is 0.415. The number of methoxy groups -OCH3 is 1. The lowest BCUT2D eigenvalue weighted by Gasteiger charge is -2.21. The van der Waals surface area contributed by atoms with E-state index in [0.29, 0.717) is 11.4 Å². The van der Waals surface area contributed by atoms with E-state index in [9.17, 15) is 5.26 Å². The van der Waals surface area contributed by atoms with Crippen molar-refractivity contribution in [3.05, 3.63) is 47.3 Å². The van der Waals surface area contributed by atoms with E-state index >= 15 is 0 Å². The average Bonchev–Trinajstić information content (AvgIpc) is 3.12. The molecule has 4 rings (SSSR count). The normalized spacial score (nSPS) is 13.3. The van der Waals surface area contributed by atoms with Gasteiger partial charge in [-0.1, -0.05) is 6.07 Å². The van der Waals surface area contributed by atoms with Crippen molar-refractivity contribution in [2.45, 2.75) is 25.7 Å². The number of nitrogens with one attached hydrogen (secondary N) is 1. The van der Waals surface area contributed by atoms with E-state index in [1.807, 2.05) is 28.7 Å². The zero-order chi connectivity index (χ0) is 16.5. The van der Waals surface area contributed by atoms with Crippen molar-refractivity contribution >= 4 is 17.2 Å². The predicted octanol–water partition coefficient (Wildman–Crippen LogP) is 3.23. The summed E-state index contributed by atoms with van der Waals surface area (Å²) in [4.78, 5) is 0. The van der Waals surface area contributed by atoms with Gasteiger partial charge in [-0.3, -0.25) is 4.40 Å². The summed E-state index contributed by atoms with van der Waals surface area (Å²) in [6.45, 7) is 0. The fraction of sp³-hybridized carbons (Fsp3) is 0.278. The summed E-state index contributed by atoms with van der Waals surface area (Å²) in [7, 11) is 1.64. The average molecular weight is 319 g/mol. The van der Waals surface area contributed by atoms with Crippen molar-refractivity contribution < 1.29 is 4.74 Å². The van der Waals surface area contributed by atoms with Crippen molar-refractivity contribution in [2.75, 3.05) is 12.4 Å². The molecule has 1 aliphatic carbocycles. The maximum atomic E-state index is 9.78. The van der Waals surface area contributed by atoms with Crippen LogP contribution in [0.15, 0.2) is 30.6 Å². The van der Waals surface area contributed by atoms with Crippen molar-refractivity contribution in [2.24, 2.45) is 0 Å². The van der Waals surface area contributed by atoms with Crippen LogP contribution >= 0.6 is 0 Å². The van der Waals surface area contributed by atoms with Gasteiger partial charge >= 0.3 is 0 Å². The molecule has 1 aromatic carbocycles. The standard InChI is InChI=1S/C18H17N5O/c1-24-13-6-4-5-12(9-13)21-17-16(10-19)14-7-2-3-8-15(14)18-22-20-11-23(17)18/h4-6,9,11,21H,2-3,7-8H2,1H3. The summed E-state index contributed by atoms with van der Waals surface area (Å²) in [6.07, 6.45) is 5.75. The highest BCUT2D eigenvalue weighted by atomic mass is 16.5. The number of benzene rings is 1. The van der Waals surface area contributed by atoms with Crippen LogP contribution in [0, 0.1) is 11.3 Å². The Morgan fingerprint density at radius 1 is 1.25 bits per heavy atom. The smallest absolute Gasteiger partial charge is 0.165 e. The summed E-state index contributed by atoms with van der Waals surface area (Å²) in [6, 6.07) is 10.0. The lowest BCUT2D eigenvalue weighted by Crippen LogP contribution is -2.12. The maximum absolute atomic E-state index is 9.78. The first-order valence-electron chi connectivity index (χ1n) is 8.00. The van der Waals surface area contributed by atoms with Crippen molar-refractivity contribution in [3.63, 3.8) is 0 Å². The van der Waals surface area contributed by atoms with Gasteiger partial charge in [0.2, 0.25) is 0 Å². The molecule has 0 saturated carbocycles. The van der Waals surface area contributed by atoms with Crippen LogP contribution in [-0.4, -0.2) is 21.7 Å². The van der Waals surface area contributed by atoms with E-state index in [-0.39, 0.29) is 0 Å². The third-order valence-electron chi connectivity index (χ3n) is 4.51. The minimum atomic E-state index is 0.680. The third-order valence-corrected chi connectivity index (χ3v) is 4.51. The molecule has 0 bridgehead atoms. The molecule has 1 N–H and O–H groups in total. The van der Waals surface area contributed by atoms with Gasteiger partial charge in [-0.25, -0.2) is 0 Å². The SMILES string of the molecule is COc1cccc(Nc2c(C#N)c3c(c4nncn24)CCCC3)c1. The van der Waals surface area contributed by atoms with E-state index in [1.165, 1.54) is 0 Å². The van der Waals surface area contributed by atoms with Crippen LogP contribution < -0.4 is 10.1 Å². The van der Waals surface area contributed by atoms with Crippen molar-refractivity contribution in [1.29, 1.82) is 5.26 Å². The molecule has 24 heavy (non-hydrogen) atoms. The maximum Gasteiger partial charge on any atom is 0.165 e. The highest BCUT2D eigenvalue weighted by molar-refractivity contribution is 5.72. The van der Waals surface area contributed by atoms with Crippen LogP contribution in [0.5, 0.6) is 5.75 Å². The van der Waals surface area contributed by atoms with Crippen LogP contribution in [0.4, 0.5) is 11.5 Å². The molecule has 120 valence electrons. The molecular weight excluding hydrogens is 302 g/mol. The molecule has 2 heterocycles. The van der Waals surface area contributed by atoms with Gasteiger partial charge in [0.1, 0.15) is 24.0 Å². The van der Waals surface area contributed by atoms with Gasteiger partial charge in [-0.05, 0) is 43.4 Å². The fourth-order valence-corrected chi connectivity index (χ4v) is 3.38. The molecule has 3 aromatic rings. The fourth-order valence-electron chi connectivity index (χ4n) is 3.38. The summed E-state index contributed by atoms with van der Waals surface area (Å²) in [5, 5.41) is 21.5. The van der Waals surface area contributed by atoms with Crippen LogP contribution in [0.3, 0.4) is 0 Å². The number of fused-ring (bicyclic) bond motifs is 3. The molecule has 2 aromatic heterocycles. The topological polar surface area (TPSA) is 75.2 Å². The third kappa shape index (κ3) is 2.26. The first-order valence-corrected chi connectivity index (χ1v) is 8.00. The number of rotatable bonds is 3. The highest BCUT2D eigenvalue weighted by Crippen LogP contribution is 2.33. The van der Waals surface area contributed by atoms with Crippen LogP contribution in [0.1, 0.15) is 29.5 Å². The Morgan fingerprint density at radius 2 is 2.08 bits per heavy atom. The molecule has 0 unspecified atom stereocenters. The monoisotopic (exact) mass is 319 g/mol. The number of nitriles is 1. The molecule has 0 amide bonds. The zero-order valence-corrected chi connectivity index (χ0v) is 13.4. The van der Waals surface area contributed by atoms with Gasteiger partial charge in [0.25, 0.3) is 0 Å². The number of anilines is 2. The number of aryl methyl sites for hydroxylation is 1. The number of nitrogens with zero attached hydrogens (tertiary/aromatic N) is 4. The Balaban J connectivity index is 1.91. The van der Waals surface area contributed by atoms with Gasteiger partial charge in [0.05, 0.1) is 12.7 Å². The van der Waals surface area contributed by atoms with E-state index in [4.69, 9.17) is 4.74 Å². The number of aromatic nitrogens is 3. The number of hydrogen-bond donors (Lipinski definition) is 1. The lowest BCUT2D eigenvalue weighted by atomic mass is 9.89. The number of ether oxygens (including phenoxy) is 1. The summed E-state index contributed by atoms with van der Waals surface area (Å²) in [5.41, 5.74) is 4.65. The Hall–Kier alpha value is -3.07. The largest absolute Gasteiger partial charge is 0.497 e. The first-order chi connectivity index (χ1) is 11.8. The van der Waals surface area contributed by atoms with E-state index < -0.39 is 0 Å². The summed E-state index contributed by atoms with van der Waals surface area (Å²) < 4.78 is 7.15. The van der Waals surface area contributed by atoms with Crippen LogP contribution in [0.2, 0.25) is 0 Å². The van der Waals surface area contributed by atoms with E-state index in [1.54, 1.807) is 13.4 Å². The quantitative estimate of drug-likeness (QED) is 0.802. The van der Waals surface area contributed by atoms with E-state index in [0.717, 1.165) is 53.9 Å². The molecule has 0 aliphatic heterocycles. The van der Waals surface area contributed by atoms with Gasteiger partial charge in [0.15, 0.2) is 5.65 Å². The summed E-state index contributed by atoms with van der Waals surface area (Å²) in [5.74, 6) is 1.47. The minimum absolute atomic E-state index is 0.680. The highest BCUT2D eigenvalue weighted by Gasteiger charge is 2.23. The first kappa shape index (κ1) is 14.5. The van der Waals surface area contributed by atoms with Gasteiger partial charge < -0.3 is 10.1 Å². The Bertz CT molecular complexity index is 954. The summed E-state index contributed by atoms with van der Waals surface area (Å²) >= 11 is 0. The minimum Gasteiger partial charge on any atom is -0.497 e. The van der Waals surface area contributed by atoms with E-state index in [2.05, 4.69) is 21.6 Å². The Kier molecular flexibility index (Phi) is 3.54. The predicted molar refractivity (Wildman–Crippen MR) is 90.6 cm³/mol. The van der Waals surface area contributed by atoms with Crippen LogP contribution in [-0.2, 0) is 12.8 Å². The van der Waals surface area contributed by atoms with Gasteiger partial charge in [-0.15, -0.1) is 10.2 Å². The van der Waals surface area contributed by atoms with Crippen LogP contribution in [0.25, 0.3) is 5.65 Å². The second kappa shape index (κ2) is 5.85. The van der Waals surface area contributed by atoms with Gasteiger partial charge in [-0.2, -0.15) is 5.26 Å². The molecule has 6 nitrogen and oxygen atoms in total. The Labute approximate surface area is 139 Å². The van der Waals surface area contributed by atoms with Crippen molar-refractivity contribution in [1.82, 2.24) is 14.6 Å². The second-order valence-corrected chi connectivity index (χ2v) is 5.88. The molecule has 0 saturated heterocycles. The molecule has 0 fully saturated rings. The second-order valence-electron chi connectivity index (χ2n) is 5.88. The van der Waals surface area contributed by atoms with Crippen molar-refractivity contribution in [3.8, 4) is 11.8 Å². The zero-order valence-electron chi connectivity index (χ0n) is 13.4. The molecule has 6 heteroatoms. The van der Waals surface area contributed by atoms with Gasteiger partial charge in [0, 0.05) is 17.3 Å². The molecule has 0 radical (unpaired) electrons. The Morgan fingerprint density at radius 3 is 2.88 bits per heavy atom. The number of pyridine rings is 1. The number of hydrogen-bond acceptors (Lipinski definition) is 5. The molecular formula is C18H17N5O.